The number of benzene rings is 2. The fourth-order valence-corrected chi connectivity index (χ4v) is 2.95. The highest BCUT2D eigenvalue weighted by molar-refractivity contribution is 9.10. The second kappa shape index (κ2) is 8.31. The van der Waals surface area contributed by atoms with Crippen molar-refractivity contribution in [1.29, 1.82) is 0 Å². The molecular weight excluding hydrogens is 368 g/mol. The van der Waals surface area contributed by atoms with Crippen molar-refractivity contribution >= 4 is 27.5 Å². The number of ether oxygens (including phenoxy) is 1. The average molecular weight is 391 g/mol. The minimum atomic E-state index is -0.0299. The number of rotatable bonds is 6. The van der Waals surface area contributed by atoms with Crippen LogP contribution in [0.4, 0.5) is 5.69 Å². The number of nitrogens with one attached hydrogen (secondary N) is 1. The molecule has 2 aromatic rings. The van der Waals surface area contributed by atoms with E-state index in [9.17, 15) is 4.79 Å². The van der Waals surface area contributed by atoms with Gasteiger partial charge in [-0.3, -0.25) is 9.69 Å². The molecule has 24 heavy (non-hydrogen) atoms. The highest BCUT2D eigenvalue weighted by atomic mass is 79.9. The average Bonchev–Trinajstić information content (AvgIpc) is 2.56. The maximum absolute atomic E-state index is 12.3. The number of carbonyl (C=O) groups is 1. The van der Waals surface area contributed by atoms with Crippen LogP contribution in [0.25, 0.3) is 0 Å². The molecule has 0 fully saturated rings. The first-order valence-electron chi connectivity index (χ1n) is 7.81. The Morgan fingerprint density at radius 1 is 1.29 bits per heavy atom. The summed E-state index contributed by atoms with van der Waals surface area (Å²) in [5.74, 6) is 0.792. The van der Waals surface area contributed by atoms with Crippen LogP contribution in [-0.4, -0.2) is 31.5 Å². The van der Waals surface area contributed by atoms with Gasteiger partial charge >= 0.3 is 0 Å². The summed E-state index contributed by atoms with van der Waals surface area (Å²) in [4.78, 5) is 14.3. The lowest BCUT2D eigenvalue weighted by molar-refractivity contribution is -0.117. The smallest absolute Gasteiger partial charge is 0.238 e. The number of nitrogens with zero attached hydrogens (tertiary/aromatic N) is 1. The van der Waals surface area contributed by atoms with Gasteiger partial charge < -0.3 is 10.1 Å². The monoisotopic (exact) mass is 390 g/mol. The number of carbonyl (C=O) groups excluding carboxylic acids is 1. The fraction of sp³-hybridized carbons (Fsp3) is 0.316. The van der Waals surface area contributed by atoms with E-state index in [0.29, 0.717) is 6.54 Å². The zero-order valence-corrected chi connectivity index (χ0v) is 16.1. The second-order valence-electron chi connectivity index (χ2n) is 5.88. The Kier molecular flexibility index (Phi) is 6.40. The molecule has 0 aliphatic heterocycles. The van der Waals surface area contributed by atoms with Crippen molar-refractivity contribution in [3.8, 4) is 5.75 Å². The number of anilines is 1. The number of likely N-dealkylation sites (N-methyl/N-ethyl adjacent to an activating group) is 1. The number of amides is 1. The molecule has 0 saturated heterocycles. The SMILES string of the molecule is COc1cccc([C@@H](C)N(C)CC(=O)Nc2ccc(Br)cc2C)c1. The predicted molar refractivity (Wildman–Crippen MR) is 102 cm³/mol. The maximum atomic E-state index is 12.3. The summed E-state index contributed by atoms with van der Waals surface area (Å²) >= 11 is 3.43. The molecule has 0 spiro atoms. The molecule has 128 valence electrons. The van der Waals surface area contributed by atoms with Crippen LogP contribution in [0.3, 0.4) is 0 Å². The molecular formula is C19H23BrN2O2. The zero-order valence-electron chi connectivity index (χ0n) is 14.5. The highest BCUT2D eigenvalue weighted by Crippen LogP contribution is 2.23. The van der Waals surface area contributed by atoms with Crippen molar-refractivity contribution < 1.29 is 9.53 Å². The van der Waals surface area contributed by atoms with Gasteiger partial charge in [0.2, 0.25) is 5.91 Å². The minimum absolute atomic E-state index is 0.0299. The molecule has 2 aromatic carbocycles. The van der Waals surface area contributed by atoms with E-state index in [4.69, 9.17) is 4.74 Å². The fourth-order valence-electron chi connectivity index (χ4n) is 2.48. The first-order chi connectivity index (χ1) is 11.4. The van der Waals surface area contributed by atoms with Gasteiger partial charge in [-0.1, -0.05) is 28.1 Å². The van der Waals surface area contributed by atoms with E-state index >= 15 is 0 Å². The molecule has 0 aliphatic carbocycles. The van der Waals surface area contributed by atoms with Crippen LogP contribution in [-0.2, 0) is 4.79 Å². The van der Waals surface area contributed by atoms with E-state index in [0.717, 1.165) is 27.0 Å². The van der Waals surface area contributed by atoms with E-state index in [2.05, 4.69) is 28.2 Å². The van der Waals surface area contributed by atoms with Crippen LogP contribution >= 0.6 is 15.9 Å². The summed E-state index contributed by atoms with van der Waals surface area (Å²) in [6.07, 6.45) is 0. The van der Waals surface area contributed by atoms with E-state index < -0.39 is 0 Å². The molecule has 0 unspecified atom stereocenters. The third-order valence-corrected chi connectivity index (χ3v) is 4.59. The molecule has 0 saturated carbocycles. The Morgan fingerprint density at radius 3 is 2.71 bits per heavy atom. The Hall–Kier alpha value is -1.85. The Morgan fingerprint density at radius 2 is 2.04 bits per heavy atom. The minimum Gasteiger partial charge on any atom is -0.497 e. The molecule has 1 N–H and O–H groups in total. The molecule has 4 nitrogen and oxygen atoms in total. The van der Waals surface area contributed by atoms with Crippen molar-refractivity contribution in [2.45, 2.75) is 19.9 Å². The van der Waals surface area contributed by atoms with Gasteiger partial charge in [0.15, 0.2) is 0 Å². The van der Waals surface area contributed by atoms with E-state index in [-0.39, 0.29) is 11.9 Å². The first kappa shape index (κ1) is 18.5. The van der Waals surface area contributed by atoms with Gasteiger partial charge in [0.1, 0.15) is 5.75 Å². The summed E-state index contributed by atoms with van der Waals surface area (Å²) < 4.78 is 6.27. The van der Waals surface area contributed by atoms with Crippen LogP contribution in [0, 0.1) is 6.92 Å². The van der Waals surface area contributed by atoms with Crippen LogP contribution in [0.1, 0.15) is 24.1 Å². The molecule has 1 amide bonds. The Bertz CT molecular complexity index is 718. The Labute approximate surface area is 151 Å². The maximum Gasteiger partial charge on any atom is 0.238 e. The molecule has 0 radical (unpaired) electrons. The lowest BCUT2D eigenvalue weighted by Gasteiger charge is -2.25. The molecule has 0 bridgehead atoms. The topological polar surface area (TPSA) is 41.6 Å². The van der Waals surface area contributed by atoms with Gasteiger partial charge in [-0.05, 0) is 62.4 Å². The van der Waals surface area contributed by atoms with Crippen molar-refractivity contribution in [1.82, 2.24) is 4.90 Å². The summed E-state index contributed by atoms with van der Waals surface area (Å²) in [5, 5.41) is 2.97. The van der Waals surface area contributed by atoms with E-state index in [1.807, 2.05) is 61.3 Å². The zero-order chi connectivity index (χ0) is 17.7. The third-order valence-electron chi connectivity index (χ3n) is 4.09. The number of halogens is 1. The largest absolute Gasteiger partial charge is 0.497 e. The highest BCUT2D eigenvalue weighted by Gasteiger charge is 2.16. The van der Waals surface area contributed by atoms with E-state index in [1.165, 1.54) is 0 Å². The predicted octanol–water partition coefficient (Wildman–Crippen LogP) is 4.40. The van der Waals surface area contributed by atoms with Crippen molar-refractivity contribution in [2.24, 2.45) is 0 Å². The summed E-state index contributed by atoms with van der Waals surface area (Å²) in [6, 6.07) is 13.8. The molecule has 2 rings (SSSR count). The third kappa shape index (κ3) is 4.82. The standard InChI is InChI=1S/C19H23BrN2O2/c1-13-10-16(20)8-9-18(13)21-19(23)12-22(3)14(2)15-6-5-7-17(11-15)24-4/h5-11,14H,12H2,1-4H3,(H,21,23)/t14-/m1/s1. The lowest BCUT2D eigenvalue weighted by atomic mass is 10.1. The van der Waals surface area contributed by atoms with Crippen LogP contribution in [0.2, 0.25) is 0 Å². The summed E-state index contributed by atoms with van der Waals surface area (Å²) in [5.41, 5.74) is 2.98. The number of aryl methyl sites for hydroxylation is 1. The van der Waals surface area contributed by atoms with Gasteiger partial charge in [0.25, 0.3) is 0 Å². The molecule has 1 atom stereocenters. The lowest BCUT2D eigenvalue weighted by Crippen LogP contribution is -2.32. The van der Waals surface area contributed by atoms with Gasteiger partial charge in [-0.25, -0.2) is 0 Å². The first-order valence-corrected chi connectivity index (χ1v) is 8.60. The second-order valence-corrected chi connectivity index (χ2v) is 6.79. The summed E-state index contributed by atoms with van der Waals surface area (Å²) in [7, 11) is 3.60. The van der Waals surface area contributed by atoms with Gasteiger partial charge in [-0.2, -0.15) is 0 Å². The van der Waals surface area contributed by atoms with Crippen molar-refractivity contribution in [3.63, 3.8) is 0 Å². The quantitative estimate of drug-likeness (QED) is 0.794. The Balaban J connectivity index is 1.99. The number of hydrogen-bond acceptors (Lipinski definition) is 3. The van der Waals surface area contributed by atoms with Crippen molar-refractivity contribution in [2.75, 3.05) is 26.0 Å². The number of methoxy groups -OCH3 is 1. The molecule has 5 heteroatoms. The van der Waals surface area contributed by atoms with Gasteiger partial charge in [0, 0.05) is 16.2 Å². The van der Waals surface area contributed by atoms with Crippen LogP contribution in [0.5, 0.6) is 5.75 Å². The number of hydrogen-bond donors (Lipinski definition) is 1. The molecule has 0 aliphatic rings. The van der Waals surface area contributed by atoms with Gasteiger partial charge in [0.05, 0.1) is 13.7 Å². The van der Waals surface area contributed by atoms with Crippen LogP contribution < -0.4 is 10.1 Å². The molecule has 0 aromatic heterocycles. The van der Waals surface area contributed by atoms with Crippen molar-refractivity contribution in [3.05, 3.63) is 58.1 Å². The summed E-state index contributed by atoms with van der Waals surface area (Å²) in [6.45, 7) is 4.36. The van der Waals surface area contributed by atoms with E-state index in [1.54, 1.807) is 7.11 Å². The van der Waals surface area contributed by atoms with Gasteiger partial charge in [-0.15, -0.1) is 0 Å². The molecule has 0 heterocycles. The van der Waals surface area contributed by atoms with Crippen LogP contribution in [0.15, 0.2) is 46.9 Å². The normalized spacial score (nSPS) is 12.1.